The van der Waals surface area contributed by atoms with Crippen molar-refractivity contribution >= 4 is 90.9 Å². The van der Waals surface area contributed by atoms with Crippen molar-refractivity contribution in [1.29, 1.82) is 0 Å². The molecule has 10 aromatic rings. The first-order valence-electron chi connectivity index (χ1n) is 28.7. The SMILES string of the molecule is [2H]c1c([2H])c([2H])c(-c2c([2H])c([2H])c([2H])c3c([2H])c([2H])c(-c4c([2H])c([2H])c(N(c5c([2H])c([2H])c6c(sc7c([2H])c([2H])c([2H])c([2H])c76)c5[2H])c5c([2H])c([2H])c([2H])c6c5sc5c([2H])c([2H])c([2H])c([2H])c56)c([2H])c4[2H])c([2H])c23)c([2H])c1[2H]. The molecule has 230 valence electrons. The van der Waals surface area contributed by atoms with E-state index in [4.69, 9.17) is 26.0 Å². The Labute approximate surface area is 333 Å². The smallest absolute Gasteiger partial charge is 0.0660 e. The highest BCUT2D eigenvalue weighted by molar-refractivity contribution is 7.26. The van der Waals surface area contributed by atoms with E-state index in [1.54, 1.807) is 0 Å². The molecule has 0 fully saturated rings. The van der Waals surface area contributed by atoms with E-state index in [0.717, 1.165) is 0 Å². The Kier molecular flexibility index (Phi) is 2.73. The third kappa shape index (κ3) is 4.74. The van der Waals surface area contributed by atoms with Crippen LogP contribution in [0.1, 0.15) is 39.8 Å². The minimum absolute atomic E-state index is 0.150. The van der Waals surface area contributed by atoms with E-state index in [9.17, 15) is 13.7 Å². The minimum atomic E-state index is -1.17. The van der Waals surface area contributed by atoms with E-state index in [2.05, 4.69) is 0 Å². The van der Waals surface area contributed by atoms with Gasteiger partial charge in [-0.2, -0.15) is 0 Å². The van der Waals surface area contributed by atoms with E-state index in [1.165, 1.54) is 0 Å². The summed E-state index contributed by atoms with van der Waals surface area (Å²) in [5.41, 5.74) is -5.80. The van der Waals surface area contributed by atoms with Crippen molar-refractivity contribution in [2.75, 3.05) is 4.90 Å². The summed E-state index contributed by atoms with van der Waals surface area (Å²) in [6.45, 7) is 0. The third-order valence-electron chi connectivity index (χ3n) is 7.51. The molecule has 2 heterocycles. The molecule has 10 rings (SSSR count). The molecule has 0 radical (unpaired) electrons. The molecular weight excluding hydrogens is 631 g/mol. The molecule has 0 N–H and O–H groups in total. The Morgan fingerprint density at radius 2 is 1.04 bits per heavy atom. The molecule has 0 aliphatic heterocycles. The summed E-state index contributed by atoms with van der Waals surface area (Å²) in [6.07, 6.45) is 0. The number of hydrogen-bond acceptors (Lipinski definition) is 3. The van der Waals surface area contributed by atoms with Gasteiger partial charge >= 0.3 is 0 Å². The molecule has 0 unspecified atom stereocenters. The normalized spacial score (nSPS) is 20.0. The predicted molar refractivity (Wildman–Crippen MR) is 215 cm³/mol. The predicted octanol–water partition coefficient (Wildman–Crippen LogP) is 14.4. The van der Waals surface area contributed by atoms with Crippen molar-refractivity contribution in [2.45, 2.75) is 0 Å². The van der Waals surface area contributed by atoms with Crippen LogP contribution in [-0.4, -0.2) is 0 Å². The van der Waals surface area contributed by atoms with Crippen LogP contribution in [0.15, 0.2) is 175 Å². The summed E-state index contributed by atoms with van der Waals surface area (Å²) in [5, 5.41) is -2.63. The average Bonchev–Trinajstić information content (AvgIpc) is 4.02. The van der Waals surface area contributed by atoms with Gasteiger partial charge in [0.15, 0.2) is 0 Å². The van der Waals surface area contributed by atoms with Crippen LogP contribution in [0.3, 0.4) is 0 Å². The van der Waals surface area contributed by atoms with Crippen LogP contribution in [0.5, 0.6) is 0 Å². The lowest BCUT2D eigenvalue weighted by Crippen LogP contribution is -2.09. The van der Waals surface area contributed by atoms with Crippen molar-refractivity contribution < 1.29 is 39.8 Å². The standard InChI is InChI=1S/C46H29NS2/c1-2-10-31(11-3-1)36-15-8-12-32-20-21-33(28-41(32)36)30-22-24-34(25-23-30)47(35-26-27-39-37-13-4-6-18-43(37)48-45(39)29-35)42-17-9-16-40-38-14-5-7-19-44(38)49-46(40)42/h1-29H/i1D,2D,3D,4D,5D,6D,7D,8D,9D,10D,11D,12D,13D,14D,15D,16D,17D,18D,19D,20D,21D,22D,23D,24D,25D,26D,27D,28D,29D. The van der Waals surface area contributed by atoms with Crippen LogP contribution < -0.4 is 4.90 Å². The molecule has 0 aliphatic rings. The van der Waals surface area contributed by atoms with Gasteiger partial charge in [-0.3, -0.25) is 0 Å². The number of fused-ring (bicyclic) bond motifs is 7. The van der Waals surface area contributed by atoms with E-state index in [0.29, 0.717) is 27.6 Å². The van der Waals surface area contributed by atoms with Gasteiger partial charge in [0.05, 0.1) is 50.1 Å². The molecule has 0 bridgehead atoms. The van der Waals surface area contributed by atoms with Gasteiger partial charge in [0, 0.05) is 47.0 Å². The second-order valence-corrected chi connectivity index (χ2v) is 12.3. The van der Waals surface area contributed by atoms with Gasteiger partial charge < -0.3 is 4.90 Å². The maximum atomic E-state index is 9.79. The summed E-state index contributed by atoms with van der Waals surface area (Å²) in [5.74, 6) is 0. The Bertz CT molecular complexity index is 4450. The molecule has 2 aromatic heterocycles. The van der Waals surface area contributed by atoms with Crippen LogP contribution in [0.4, 0.5) is 17.1 Å². The minimum Gasteiger partial charge on any atom is -0.309 e. The van der Waals surface area contributed by atoms with Crippen molar-refractivity contribution in [3.63, 3.8) is 0 Å². The Morgan fingerprint density at radius 3 is 1.88 bits per heavy atom. The number of thiophene rings is 2. The molecule has 1 nitrogen and oxygen atoms in total. The topological polar surface area (TPSA) is 3.24 Å². The largest absolute Gasteiger partial charge is 0.309 e. The molecule has 8 aromatic carbocycles. The fourth-order valence-corrected chi connectivity index (χ4v) is 7.36. The average molecular weight is 689 g/mol. The molecule has 0 amide bonds. The van der Waals surface area contributed by atoms with Crippen LogP contribution in [-0.2, 0) is 0 Å². The summed E-state index contributed by atoms with van der Waals surface area (Å²) in [6, 6.07) is -25.6. The molecule has 49 heavy (non-hydrogen) atoms. The fraction of sp³-hybridized carbons (Fsp3) is 0. The van der Waals surface area contributed by atoms with Crippen LogP contribution in [0, 0.1) is 0 Å². The first-order chi connectivity index (χ1) is 36.4. The number of benzene rings is 8. The van der Waals surface area contributed by atoms with Crippen molar-refractivity contribution in [3.05, 3.63) is 175 Å². The molecule has 0 aliphatic carbocycles. The van der Waals surface area contributed by atoms with Gasteiger partial charge in [-0.25, -0.2) is 0 Å². The summed E-state index contributed by atoms with van der Waals surface area (Å²) in [4.78, 5) is 0.643. The Hall–Kier alpha value is -5.74. The summed E-state index contributed by atoms with van der Waals surface area (Å²) < 4.78 is 260. The van der Waals surface area contributed by atoms with E-state index in [-0.39, 0.29) is 40.3 Å². The third-order valence-corrected chi connectivity index (χ3v) is 9.64. The van der Waals surface area contributed by atoms with Crippen molar-refractivity contribution in [3.8, 4) is 22.3 Å². The Morgan fingerprint density at radius 1 is 0.388 bits per heavy atom. The Balaban J connectivity index is 1.40. The highest BCUT2D eigenvalue weighted by Gasteiger charge is 2.19. The number of hydrogen-bond donors (Lipinski definition) is 0. The van der Waals surface area contributed by atoms with Crippen LogP contribution in [0.25, 0.3) is 73.4 Å². The number of anilines is 3. The summed E-state index contributed by atoms with van der Waals surface area (Å²) in [7, 11) is 0. The molecule has 3 heteroatoms. The van der Waals surface area contributed by atoms with Crippen LogP contribution >= 0.6 is 22.7 Å². The van der Waals surface area contributed by atoms with Crippen molar-refractivity contribution in [2.24, 2.45) is 0 Å². The lowest BCUT2D eigenvalue weighted by atomic mass is 9.95. The maximum absolute atomic E-state index is 9.79. The number of rotatable bonds is 5. The van der Waals surface area contributed by atoms with Gasteiger partial charge in [-0.05, 0) is 81.4 Å². The van der Waals surface area contributed by atoms with Gasteiger partial charge in [0.25, 0.3) is 0 Å². The zero-order valence-corrected chi connectivity index (χ0v) is 25.9. The van der Waals surface area contributed by atoms with Gasteiger partial charge in [-0.15, -0.1) is 22.7 Å². The van der Waals surface area contributed by atoms with E-state index < -0.39 is 225 Å². The lowest BCUT2D eigenvalue weighted by molar-refractivity contribution is 1.31. The molecule has 0 atom stereocenters. The lowest BCUT2D eigenvalue weighted by Gasteiger charge is -2.26. The zero-order valence-electron chi connectivity index (χ0n) is 53.3. The summed E-state index contributed by atoms with van der Waals surface area (Å²) >= 11 is 1.14. The molecule has 0 spiro atoms. The van der Waals surface area contributed by atoms with E-state index >= 15 is 0 Å². The molecule has 0 saturated heterocycles. The second-order valence-electron chi connectivity index (χ2n) is 10.3. The highest BCUT2D eigenvalue weighted by Crippen LogP contribution is 2.46. The highest BCUT2D eigenvalue weighted by atomic mass is 32.1. The number of nitrogens with zero attached hydrogens (tertiary/aromatic N) is 1. The van der Waals surface area contributed by atoms with Gasteiger partial charge in [0.1, 0.15) is 0 Å². The first kappa shape index (κ1) is 11.7. The maximum Gasteiger partial charge on any atom is 0.0660 e. The van der Waals surface area contributed by atoms with Crippen molar-refractivity contribution in [1.82, 2.24) is 0 Å². The molecule has 0 saturated carbocycles. The fourth-order valence-electron chi connectivity index (χ4n) is 5.35. The first-order valence-corrected chi connectivity index (χ1v) is 15.9. The van der Waals surface area contributed by atoms with Gasteiger partial charge in [-0.1, -0.05) is 127 Å². The zero-order chi connectivity index (χ0) is 57.5. The van der Waals surface area contributed by atoms with Gasteiger partial charge in [0.2, 0.25) is 0 Å². The van der Waals surface area contributed by atoms with E-state index in [1.807, 2.05) is 0 Å². The second kappa shape index (κ2) is 11.5. The molecular formula is C46H29NS2. The van der Waals surface area contributed by atoms with Crippen LogP contribution in [0.2, 0.25) is 0 Å². The monoisotopic (exact) mass is 688 g/mol. The quantitative estimate of drug-likeness (QED) is 0.174.